The molecule has 1 aromatic rings. The highest BCUT2D eigenvalue weighted by Crippen LogP contribution is 2.39. The van der Waals surface area contributed by atoms with Crippen molar-refractivity contribution < 1.29 is 9.59 Å². The molecule has 0 radical (unpaired) electrons. The summed E-state index contributed by atoms with van der Waals surface area (Å²) in [4.78, 5) is 28.2. The van der Waals surface area contributed by atoms with Gasteiger partial charge in [-0.15, -0.1) is 11.3 Å². The van der Waals surface area contributed by atoms with Gasteiger partial charge in [-0.3, -0.25) is 9.59 Å². The normalized spacial score (nSPS) is 22.9. The topological polar surface area (TPSA) is 49.4 Å². The summed E-state index contributed by atoms with van der Waals surface area (Å²) in [5.74, 6) is 0.391. The zero-order valence-electron chi connectivity index (χ0n) is 12.6. The maximum atomic E-state index is 13.1. The molecule has 2 fully saturated rings. The summed E-state index contributed by atoms with van der Waals surface area (Å²) < 4.78 is 0. The van der Waals surface area contributed by atoms with Crippen LogP contribution >= 0.6 is 11.3 Å². The number of amides is 2. The summed E-state index contributed by atoms with van der Waals surface area (Å²) >= 11 is 1.66. The van der Waals surface area contributed by atoms with E-state index in [4.69, 9.17) is 0 Å². The maximum absolute atomic E-state index is 13.1. The monoisotopic (exact) mass is 306 g/mol. The first-order valence-electron chi connectivity index (χ1n) is 7.69. The van der Waals surface area contributed by atoms with E-state index in [1.54, 1.807) is 11.3 Å². The molecule has 2 aliphatic rings. The summed E-state index contributed by atoms with van der Waals surface area (Å²) in [6, 6.07) is 4.08. The molecule has 5 heteroatoms. The number of nitrogens with one attached hydrogen (secondary N) is 1. The van der Waals surface area contributed by atoms with Crippen molar-refractivity contribution >= 4 is 23.2 Å². The van der Waals surface area contributed by atoms with Crippen LogP contribution in [0.5, 0.6) is 0 Å². The Morgan fingerprint density at radius 2 is 2.00 bits per heavy atom. The summed E-state index contributed by atoms with van der Waals surface area (Å²) in [5, 5.41) is 5.02. The van der Waals surface area contributed by atoms with Crippen LogP contribution in [0.15, 0.2) is 17.5 Å². The third kappa shape index (κ3) is 2.48. The first-order valence-corrected chi connectivity index (χ1v) is 8.57. The molecule has 1 unspecified atom stereocenters. The molecule has 4 nitrogen and oxygen atoms in total. The Bertz CT molecular complexity index is 532. The molecule has 1 aliphatic heterocycles. The first kappa shape index (κ1) is 14.6. The third-order valence-corrected chi connectivity index (χ3v) is 5.56. The van der Waals surface area contributed by atoms with E-state index in [1.807, 2.05) is 16.3 Å². The van der Waals surface area contributed by atoms with E-state index in [9.17, 15) is 9.59 Å². The largest absolute Gasteiger partial charge is 0.340 e. The van der Waals surface area contributed by atoms with E-state index in [0.29, 0.717) is 0 Å². The molecule has 1 N–H and O–H groups in total. The van der Waals surface area contributed by atoms with Crippen molar-refractivity contribution in [2.75, 3.05) is 6.54 Å². The Balaban J connectivity index is 1.95. The highest BCUT2D eigenvalue weighted by atomic mass is 32.1. The van der Waals surface area contributed by atoms with Crippen LogP contribution in [0.25, 0.3) is 0 Å². The highest BCUT2D eigenvalue weighted by Gasteiger charge is 2.50. The second-order valence-corrected chi connectivity index (χ2v) is 7.45. The molecule has 2 heterocycles. The number of nitrogens with zero attached hydrogens (tertiary/aromatic N) is 1. The molecule has 3 rings (SSSR count). The second kappa shape index (κ2) is 5.44. The van der Waals surface area contributed by atoms with E-state index in [-0.39, 0.29) is 30.3 Å². The van der Waals surface area contributed by atoms with Gasteiger partial charge in [-0.05, 0) is 30.2 Å². The molecule has 114 valence electrons. The van der Waals surface area contributed by atoms with Crippen LogP contribution in [0, 0.1) is 5.92 Å². The van der Waals surface area contributed by atoms with Crippen LogP contribution in [0.3, 0.4) is 0 Å². The molecular formula is C16H22N2O2S. The number of hydrogen-bond acceptors (Lipinski definition) is 3. The number of thiophene rings is 1. The van der Waals surface area contributed by atoms with Crippen molar-refractivity contribution in [2.24, 2.45) is 5.92 Å². The number of piperazine rings is 1. The van der Waals surface area contributed by atoms with Crippen molar-refractivity contribution in [3.63, 3.8) is 0 Å². The Morgan fingerprint density at radius 1 is 1.29 bits per heavy atom. The predicted molar refractivity (Wildman–Crippen MR) is 83.0 cm³/mol. The lowest BCUT2D eigenvalue weighted by atomic mass is 9.90. The lowest BCUT2D eigenvalue weighted by molar-refractivity contribution is -0.153. The molecule has 21 heavy (non-hydrogen) atoms. The molecule has 0 aromatic carbocycles. The van der Waals surface area contributed by atoms with Gasteiger partial charge in [0.1, 0.15) is 12.1 Å². The minimum absolute atomic E-state index is 0.000949. The van der Waals surface area contributed by atoms with Gasteiger partial charge in [-0.25, -0.2) is 0 Å². The standard InChI is InChI=1S/C16H22N2O2S/c1-11(2)14(12-6-5-9-21-12)18-10-13(19)17-16(15(18)20)7-3-4-8-16/h5-6,9,11,14H,3-4,7-8,10H2,1-2H3,(H,17,19). The fourth-order valence-corrected chi connectivity index (χ4v) is 4.72. The summed E-state index contributed by atoms with van der Waals surface area (Å²) in [6.45, 7) is 4.42. The number of hydrogen-bond donors (Lipinski definition) is 1. The van der Waals surface area contributed by atoms with Crippen molar-refractivity contribution in [1.82, 2.24) is 10.2 Å². The Morgan fingerprint density at radius 3 is 2.57 bits per heavy atom. The molecule has 1 aromatic heterocycles. The Hall–Kier alpha value is -1.36. The van der Waals surface area contributed by atoms with Crippen molar-refractivity contribution in [3.05, 3.63) is 22.4 Å². The number of carbonyl (C=O) groups excluding carboxylic acids is 2. The van der Waals surface area contributed by atoms with Crippen LogP contribution < -0.4 is 5.32 Å². The van der Waals surface area contributed by atoms with Crippen molar-refractivity contribution in [2.45, 2.75) is 51.1 Å². The minimum Gasteiger partial charge on any atom is -0.340 e. The zero-order valence-corrected chi connectivity index (χ0v) is 13.4. The molecule has 1 aliphatic carbocycles. The fourth-order valence-electron chi connectivity index (χ4n) is 3.70. The van der Waals surface area contributed by atoms with Gasteiger partial charge in [-0.2, -0.15) is 0 Å². The predicted octanol–water partition coefficient (Wildman–Crippen LogP) is 2.72. The summed E-state index contributed by atoms with van der Waals surface area (Å²) in [7, 11) is 0. The molecule has 1 atom stereocenters. The molecule has 1 saturated heterocycles. The average Bonchev–Trinajstić information content (AvgIpc) is 3.07. The Kier molecular flexibility index (Phi) is 3.78. The lowest BCUT2D eigenvalue weighted by Gasteiger charge is -2.44. The highest BCUT2D eigenvalue weighted by molar-refractivity contribution is 7.10. The van der Waals surface area contributed by atoms with Crippen molar-refractivity contribution in [1.29, 1.82) is 0 Å². The molecule has 1 saturated carbocycles. The van der Waals surface area contributed by atoms with E-state index in [2.05, 4.69) is 25.2 Å². The quantitative estimate of drug-likeness (QED) is 0.933. The van der Waals surface area contributed by atoms with Gasteiger partial charge in [0.15, 0.2) is 0 Å². The third-order valence-electron chi connectivity index (χ3n) is 4.62. The maximum Gasteiger partial charge on any atom is 0.249 e. The van der Waals surface area contributed by atoms with E-state index in [0.717, 1.165) is 25.7 Å². The van der Waals surface area contributed by atoms with Crippen LogP contribution in [0.2, 0.25) is 0 Å². The lowest BCUT2D eigenvalue weighted by Crippen LogP contribution is -2.66. The SMILES string of the molecule is CC(C)C(c1cccs1)N1CC(=O)NC2(CCCC2)C1=O. The van der Waals surface area contributed by atoms with Crippen LogP contribution in [-0.4, -0.2) is 28.8 Å². The van der Waals surface area contributed by atoms with Crippen molar-refractivity contribution in [3.8, 4) is 0 Å². The second-order valence-electron chi connectivity index (χ2n) is 6.47. The van der Waals surface area contributed by atoms with Gasteiger partial charge in [0.2, 0.25) is 11.8 Å². The zero-order chi connectivity index (χ0) is 15.0. The smallest absolute Gasteiger partial charge is 0.249 e. The van der Waals surface area contributed by atoms with E-state index >= 15 is 0 Å². The van der Waals surface area contributed by atoms with Gasteiger partial charge >= 0.3 is 0 Å². The van der Waals surface area contributed by atoms with Gasteiger partial charge in [0.05, 0.1) is 6.04 Å². The van der Waals surface area contributed by atoms with Gasteiger partial charge in [0, 0.05) is 4.88 Å². The Labute approximate surface area is 129 Å². The number of rotatable bonds is 3. The van der Waals surface area contributed by atoms with Gasteiger partial charge in [-0.1, -0.05) is 32.8 Å². The number of carbonyl (C=O) groups is 2. The summed E-state index contributed by atoms with van der Waals surface area (Å²) in [5.41, 5.74) is -0.625. The van der Waals surface area contributed by atoms with Crippen LogP contribution in [-0.2, 0) is 9.59 Å². The average molecular weight is 306 g/mol. The molecular weight excluding hydrogens is 284 g/mol. The van der Waals surface area contributed by atoms with Crippen LogP contribution in [0.1, 0.15) is 50.4 Å². The first-order chi connectivity index (χ1) is 10.0. The molecule has 2 amide bonds. The van der Waals surface area contributed by atoms with E-state index < -0.39 is 5.54 Å². The minimum atomic E-state index is -0.625. The van der Waals surface area contributed by atoms with Gasteiger partial charge in [0.25, 0.3) is 0 Å². The fraction of sp³-hybridized carbons (Fsp3) is 0.625. The summed E-state index contributed by atoms with van der Waals surface area (Å²) in [6.07, 6.45) is 3.60. The van der Waals surface area contributed by atoms with Gasteiger partial charge < -0.3 is 10.2 Å². The molecule has 1 spiro atoms. The van der Waals surface area contributed by atoms with Crippen LogP contribution in [0.4, 0.5) is 0 Å². The van der Waals surface area contributed by atoms with E-state index in [1.165, 1.54) is 4.88 Å². The molecule has 0 bridgehead atoms.